The van der Waals surface area contributed by atoms with Gasteiger partial charge in [0.15, 0.2) is 0 Å². The third-order valence-electron chi connectivity index (χ3n) is 2.80. The van der Waals surface area contributed by atoms with Crippen molar-refractivity contribution in [3.05, 3.63) is 41.0 Å². The average Bonchev–Trinajstić information content (AvgIpc) is 3.05. The van der Waals surface area contributed by atoms with Gasteiger partial charge in [0, 0.05) is 5.56 Å². The summed E-state index contributed by atoms with van der Waals surface area (Å²) in [6.45, 7) is 1.85. The molecular formula is C13H11N5O2S. The summed E-state index contributed by atoms with van der Waals surface area (Å²) in [5.41, 5.74) is 1.88. The van der Waals surface area contributed by atoms with Gasteiger partial charge in [0.1, 0.15) is 16.4 Å². The van der Waals surface area contributed by atoms with Crippen LogP contribution in [0.5, 0.6) is 0 Å². The summed E-state index contributed by atoms with van der Waals surface area (Å²) < 4.78 is 1.54. The Hall–Kier alpha value is -2.61. The van der Waals surface area contributed by atoms with Crippen LogP contribution in [0.3, 0.4) is 0 Å². The molecule has 21 heavy (non-hydrogen) atoms. The van der Waals surface area contributed by atoms with Crippen molar-refractivity contribution in [3.8, 4) is 16.4 Å². The van der Waals surface area contributed by atoms with Crippen molar-refractivity contribution >= 4 is 17.3 Å². The lowest BCUT2D eigenvalue weighted by atomic mass is 10.1. The molecule has 0 amide bonds. The molecule has 0 aliphatic heterocycles. The zero-order valence-corrected chi connectivity index (χ0v) is 11.9. The first-order chi connectivity index (χ1) is 10.1. The molecule has 1 N–H and O–H groups in total. The first-order valence-electron chi connectivity index (χ1n) is 6.17. The van der Waals surface area contributed by atoms with Gasteiger partial charge < -0.3 is 5.11 Å². The predicted octanol–water partition coefficient (Wildman–Crippen LogP) is 1.72. The highest BCUT2D eigenvalue weighted by molar-refractivity contribution is 7.13. The number of aromatic nitrogens is 5. The fourth-order valence-corrected chi connectivity index (χ4v) is 2.61. The van der Waals surface area contributed by atoms with Crippen LogP contribution in [-0.2, 0) is 11.2 Å². The van der Waals surface area contributed by atoms with Crippen LogP contribution in [0.25, 0.3) is 16.4 Å². The maximum absolute atomic E-state index is 11.0. The van der Waals surface area contributed by atoms with Crippen LogP contribution in [0.2, 0.25) is 0 Å². The van der Waals surface area contributed by atoms with E-state index in [1.807, 2.05) is 37.3 Å². The molecule has 0 unspecified atom stereocenters. The molecule has 0 fully saturated rings. The van der Waals surface area contributed by atoms with Crippen molar-refractivity contribution in [3.63, 3.8) is 0 Å². The van der Waals surface area contributed by atoms with Crippen molar-refractivity contribution in [2.45, 2.75) is 13.3 Å². The van der Waals surface area contributed by atoms with Gasteiger partial charge in [-0.15, -0.1) is 15.3 Å². The molecule has 2 heterocycles. The quantitative estimate of drug-likeness (QED) is 0.788. The molecule has 0 aliphatic carbocycles. The highest BCUT2D eigenvalue weighted by Gasteiger charge is 2.20. The summed E-state index contributed by atoms with van der Waals surface area (Å²) in [6, 6.07) is 9.41. The predicted molar refractivity (Wildman–Crippen MR) is 76.3 cm³/mol. The van der Waals surface area contributed by atoms with E-state index < -0.39 is 5.97 Å². The van der Waals surface area contributed by atoms with Crippen LogP contribution >= 0.6 is 11.3 Å². The number of carboxylic acids is 1. The largest absolute Gasteiger partial charge is 0.481 e. The Morgan fingerprint density at radius 3 is 2.62 bits per heavy atom. The van der Waals surface area contributed by atoms with Crippen molar-refractivity contribution in [1.82, 2.24) is 25.2 Å². The number of nitrogens with zero attached hydrogens (tertiary/aromatic N) is 5. The van der Waals surface area contributed by atoms with Crippen molar-refractivity contribution in [2.24, 2.45) is 0 Å². The summed E-state index contributed by atoms with van der Waals surface area (Å²) in [5, 5.41) is 26.4. The van der Waals surface area contributed by atoms with E-state index >= 15 is 0 Å². The standard InChI is InChI=1S/C13H11N5O2S/c1-8-14-16-13(21-8)18-12(9-5-3-2-4-6-9)10(15-17-18)7-11(19)20/h2-6H,7H2,1H3,(H,19,20). The molecule has 0 aliphatic rings. The Balaban J connectivity index is 2.17. The van der Waals surface area contributed by atoms with E-state index in [-0.39, 0.29) is 6.42 Å². The number of benzene rings is 1. The topological polar surface area (TPSA) is 93.8 Å². The maximum atomic E-state index is 11.0. The molecule has 3 aromatic rings. The molecule has 8 heteroatoms. The summed E-state index contributed by atoms with van der Waals surface area (Å²) in [6.07, 6.45) is -0.192. The highest BCUT2D eigenvalue weighted by Crippen LogP contribution is 2.26. The van der Waals surface area contributed by atoms with Crippen LogP contribution in [0.4, 0.5) is 0 Å². The smallest absolute Gasteiger partial charge is 0.309 e. The van der Waals surface area contributed by atoms with Gasteiger partial charge in [-0.05, 0) is 6.92 Å². The Morgan fingerprint density at radius 2 is 2.00 bits per heavy atom. The van der Waals surface area contributed by atoms with Gasteiger partial charge in [-0.1, -0.05) is 46.9 Å². The number of aliphatic carboxylic acids is 1. The third-order valence-corrected chi connectivity index (χ3v) is 3.62. The molecule has 2 aromatic heterocycles. The number of carboxylic acid groups (broad SMARTS) is 1. The Kier molecular flexibility index (Phi) is 3.44. The molecule has 3 rings (SSSR count). The minimum atomic E-state index is -0.951. The fourth-order valence-electron chi connectivity index (χ4n) is 1.97. The minimum Gasteiger partial charge on any atom is -0.481 e. The number of aryl methyl sites for hydroxylation is 1. The van der Waals surface area contributed by atoms with Crippen molar-refractivity contribution in [1.29, 1.82) is 0 Å². The van der Waals surface area contributed by atoms with Crippen LogP contribution in [0, 0.1) is 6.92 Å². The fraction of sp³-hybridized carbons (Fsp3) is 0.154. The van der Waals surface area contributed by atoms with Gasteiger partial charge in [-0.2, -0.15) is 4.68 Å². The third kappa shape index (κ3) is 2.65. The van der Waals surface area contributed by atoms with E-state index in [1.54, 1.807) is 0 Å². The Labute approximate surface area is 123 Å². The first-order valence-corrected chi connectivity index (χ1v) is 6.99. The van der Waals surface area contributed by atoms with Gasteiger partial charge in [0.25, 0.3) is 0 Å². The summed E-state index contributed by atoms with van der Waals surface area (Å²) in [4.78, 5) is 11.0. The second-order valence-electron chi connectivity index (χ2n) is 4.34. The van der Waals surface area contributed by atoms with Gasteiger partial charge in [0.2, 0.25) is 5.13 Å². The summed E-state index contributed by atoms with van der Waals surface area (Å²) >= 11 is 1.37. The second kappa shape index (κ2) is 5.41. The maximum Gasteiger partial charge on any atom is 0.309 e. The summed E-state index contributed by atoms with van der Waals surface area (Å²) in [7, 11) is 0. The van der Waals surface area contributed by atoms with Crippen LogP contribution < -0.4 is 0 Å². The normalized spacial score (nSPS) is 10.7. The molecule has 7 nitrogen and oxygen atoms in total. The Morgan fingerprint density at radius 1 is 1.24 bits per heavy atom. The first kappa shape index (κ1) is 13.4. The summed E-state index contributed by atoms with van der Waals surface area (Å²) in [5.74, 6) is -0.951. The van der Waals surface area contributed by atoms with Crippen molar-refractivity contribution in [2.75, 3.05) is 0 Å². The molecule has 0 bridgehead atoms. The monoisotopic (exact) mass is 301 g/mol. The van der Waals surface area contributed by atoms with Gasteiger partial charge in [0.05, 0.1) is 6.42 Å². The van der Waals surface area contributed by atoms with Crippen LogP contribution in [0.1, 0.15) is 10.7 Å². The molecule has 0 spiro atoms. The van der Waals surface area contributed by atoms with Gasteiger partial charge in [-0.25, -0.2) is 0 Å². The molecule has 0 radical (unpaired) electrons. The molecule has 0 atom stereocenters. The molecule has 0 saturated carbocycles. The van der Waals surface area contributed by atoms with E-state index in [0.717, 1.165) is 10.6 Å². The van der Waals surface area contributed by atoms with E-state index in [4.69, 9.17) is 5.11 Å². The van der Waals surface area contributed by atoms with Gasteiger partial charge in [-0.3, -0.25) is 4.79 Å². The molecule has 106 valence electrons. The van der Waals surface area contributed by atoms with E-state index in [2.05, 4.69) is 20.5 Å². The SMILES string of the molecule is Cc1nnc(-n2nnc(CC(=O)O)c2-c2ccccc2)s1. The highest BCUT2D eigenvalue weighted by atomic mass is 32.1. The van der Waals surface area contributed by atoms with Crippen molar-refractivity contribution < 1.29 is 9.90 Å². The lowest BCUT2D eigenvalue weighted by molar-refractivity contribution is -0.136. The van der Waals surface area contributed by atoms with Crippen LogP contribution in [-0.4, -0.2) is 36.3 Å². The van der Waals surface area contributed by atoms with E-state index in [9.17, 15) is 4.79 Å². The number of rotatable bonds is 4. The molecule has 0 saturated heterocycles. The van der Waals surface area contributed by atoms with E-state index in [1.165, 1.54) is 16.0 Å². The lowest BCUT2D eigenvalue weighted by Crippen LogP contribution is -2.04. The zero-order chi connectivity index (χ0) is 14.8. The second-order valence-corrected chi connectivity index (χ2v) is 5.50. The van der Waals surface area contributed by atoms with Crippen LogP contribution in [0.15, 0.2) is 30.3 Å². The lowest BCUT2D eigenvalue weighted by Gasteiger charge is -2.04. The number of carbonyl (C=O) groups is 1. The number of hydrogen-bond donors (Lipinski definition) is 1. The molecular weight excluding hydrogens is 290 g/mol. The van der Waals surface area contributed by atoms with Gasteiger partial charge >= 0.3 is 5.97 Å². The zero-order valence-electron chi connectivity index (χ0n) is 11.1. The van der Waals surface area contributed by atoms with E-state index in [0.29, 0.717) is 16.5 Å². The molecule has 1 aromatic carbocycles. The number of hydrogen-bond acceptors (Lipinski definition) is 6. The minimum absolute atomic E-state index is 0.192. The Bertz CT molecular complexity index is 781. The average molecular weight is 301 g/mol.